The van der Waals surface area contributed by atoms with Crippen LogP contribution in [0.2, 0.25) is 0 Å². The number of rotatable bonds is 5. The molecule has 18 heavy (non-hydrogen) atoms. The number of para-hydroxylation sites is 1. The van der Waals surface area contributed by atoms with E-state index in [0.717, 1.165) is 10.7 Å². The van der Waals surface area contributed by atoms with Gasteiger partial charge in [0.1, 0.15) is 10.8 Å². The molecule has 0 N–H and O–H groups in total. The fraction of sp³-hybridized carbons (Fsp3) is 0.286. The third-order valence-corrected chi connectivity index (χ3v) is 3.43. The summed E-state index contributed by atoms with van der Waals surface area (Å²) in [6.07, 6.45) is 0.336. The van der Waals surface area contributed by atoms with Gasteiger partial charge in [-0.05, 0) is 26.0 Å². The van der Waals surface area contributed by atoms with Gasteiger partial charge in [-0.2, -0.15) is 0 Å². The van der Waals surface area contributed by atoms with E-state index in [-0.39, 0.29) is 5.78 Å². The van der Waals surface area contributed by atoms with Crippen LogP contribution in [0.3, 0.4) is 0 Å². The van der Waals surface area contributed by atoms with Crippen LogP contribution in [0.25, 0.3) is 0 Å². The monoisotopic (exact) mass is 261 g/mol. The largest absolute Gasteiger partial charge is 0.493 e. The van der Waals surface area contributed by atoms with E-state index < -0.39 is 0 Å². The SMILES string of the molecule is CCOc1ccccc1C(=O)Cc1nc(C)cs1. The van der Waals surface area contributed by atoms with E-state index in [1.165, 1.54) is 11.3 Å². The van der Waals surface area contributed by atoms with Gasteiger partial charge in [-0.3, -0.25) is 4.79 Å². The Kier molecular flexibility index (Phi) is 4.10. The zero-order valence-electron chi connectivity index (χ0n) is 10.5. The first-order chi connectivity index (χ1) is 8.70. The maximum absolute atomic E-state index is 12.2. The lowest BCUT2D eigenvalue weighted by Crippen LogP contribution is -2.06. The Hall–Kier alpha value is -1.68. The first-order valence-corrected chi connectivity index (χ1v) is 6.74. The molecule has 0 fully saturated rings. The van der Waals surface area contributed by atoms with Gasteiger partial charge in [0.05, 0.1) is 18.6 Å². The number of hydrogen-bond acceptors (Lipinski definition) is 4. The molecule has 0 spiro atoms. The highest BCUT2D eigenvalue weighted by atomic mass is 32.1. The minimum absolute atomic E-state index is 0.0494. The number of carbonyl (C=O) groups is 1. The number of nitrogens with zero attached hydrogens (tertiary/aromatic N) is 1. The van der Waals surface area contributed by atoms with E-state index in [2.05, 4.69) is 4.98 Å². The van der Waals surface area contributed by atoms with Crippen molar-refractivity contribution in [3.8, 4) is 5.75 Å². The minimum atomic E-state index is 0.0494. The van der Waals surface area contributed by atoms with E-state index in [1.54, 1.807) is 6.07 Å². The van der Waals surface area contributed by atoms with Gasteiger partial charge in [0.15, 0.2) is 5.78 Å². The molecule has 2 aromatic rings. The quantitative estimate of drug-likeness (QED) is 0.775. The summed E-state index contributed by atoms with van der Waals surface area (Å²) in [5.74, 6) is 0.701. The number of aromatic nitrogens is 1. The Morgan fingerprint density at radius 2 is 2.17 bits per heavy atom. The molecule has 0 bridgehead atoms. The van der Waals surface area contributed by atoms with Crippen molar-refractivity contribution >= 4 is 17.1 Å². The van der Waals surface area contributed by atoms with Crippen molar-refractivity contribution in [3.05, 3.63) is 45.9 Å². The molecule has 3 nitrogen and oxygen atoms in total. The Morgan fingerprint density at radius 3 is 2.83 bits per heavy atom. The van der Waals surface area contributed by atoms with Gasteiger partial charge in [-0.25, -0.2) is 4.98 Å². The van der Waals surface area contributed by atoms with E-state index in [9.17, 15) is 4.79 Å². The van der Waals surface area contributed by atoms with E-state index in [0.29, 0.717) is 24.3 Å². The number of ketones is 1. The summed E-state index contributed by atoms with van der Waals surface area (Å²) in [6, 6.07) is 7.34. The molecule has 0 aliphatic rings. The Balaban J connectivity index is 2.18. The van der Waals surface area contributed by atoms with Crippen molar-refractivity contribution in [2.45, 2.75) is 20.3 Å². The highest BCUT2D eigenvalue weighted by molar-refractivity contribution is 7.09. The van der Waals surface area contributed by atoms with Crippen LogP contribution in [0.15, 0.2) is 29.6 Å². The predicted molar refractivity (Wildman–Crippen MR) is 72.5 cm³/mol. The second kappa shape index (κ2) is 5.78. The zero-order valence-corrected chi connectivity index (χ0v) is 11.3. The van der Waals surface area contributed by atoms with Gasteiger partial charge >= 0.3 is 0 Å². The molecule has 2 rings (SSSR count). The standard InChI is InChI=1S/C14H15NO2S/c1-3-17-13-7-5-4-6-11(13)12(16)8-14-15-10(2)9-18-14/h4-7,9H,3,8H2,1-2H3. The highest BCUT2D eigenvalue weighted by Crippen LogP contribution is 2.21. The molecule has 0 radical (unpaired) electrons. The second-order valence-electron chi connectivity index (χ2n) is 3.91. The number of Topliss-reactive ketones (excluding diaryl/α,β-unsaturated/α-hetero) is 1. The van der Waals surface area contributed by atoms with Crippen LogP contribution < -0.4 is 4.74 Å². The molecule has 94 valence electrons. The number of carbonyl (C=O) groups excluding carboxylic acids is 1. The number of benzene rings is 1. The van der Waals surface area contributed by atoms with E-state index in [1.807, 2.05) is 37.4 Å². The van der Waals surface area contributed by atoms with Gasteiger partial charge in [0.25, 0.3) is 0 Å². The molecule has 1 aromatic carbocycles. The molecule has 0 saturated carbocycles. The molecule has 0 unspecified atom stereocenters. The molecule has 0 aliphatic carbocycles. The summed E-state index contributed by atoms with van der Waals surface area (Å²) in [7, 11) is 0. The summed E-state index contributed by atoms with van der Waals surface area (Å²) in [6.45, 7) is 4.39. The molecule has 0 amide bonds. The van der Waals surface area contributed by atoms with Gasteiger partial charge in [0.2, 0.25) is 0 Å². The lowest BCUT2D eigenvalue weighted by atomic mass is 10.1. The average Bonchev–Trinajstić information content (AvgIpc) is 2.76. The fourth-order valence-corrected chi connectivity index (χ4v) is 2.47. The van der Waals surface area contributed by atoms with Gasteiger partial charge in [-0.1, -0.05) is 12.1 Å². The van der Waals surface area contributed by atoms with Crippen molar-refractivity contribution in [2.24, 2.45) is 0 Å². The number of thiazole rings is 1. The molecule has 0 saturated heterocycles. The van der Waals surface area contributed by atoms with Crippen molar-refractivity contribution in [1.82, 2.24) is 4.98 Å². The topological polar surface area (TPSA) is 39.2 Å². The van der Waals surface area contributed by atoms with Gasteiger partial charge in [0, 0.05) is 11.1 Å². The van der Waals surface area contributed by atoms with Crippen LogP contribution in [0.1, 0.15) is 28.0 Å². The molecule has 0 aliphatic heterocycles. The Bertz CT molecular complexity index is 548. The first kappa shape index (κ1) is 12.8. The second-order valence-corrected chi connectivity index (χ2v) is 4.85. The Labute approximate surface area is 110 Å². The maximum atomic E-state index is 12.2. The smallest absolute Gasteiger partial charge is 0.173 e. The van der Waals surface area contributed by atoms with Crippen molar-refractivity contribution in [2.75, 3.05) is 6.61 Å². The molecule has 1 heterocycles. The molecule has 0 atom stereocenters. The van der Waals surface area contributed by atoms with Crippen LogP contribution in [0, 0.1) is 6.92 Å². The number of ether oxygens (including phenoxy) is 1. The summed E-state index contributed by atoms with van der Waals surface area (Å²) < 4.78 is 5.46. The normalized spacial score (nSPS) is 10.3. The summed E-state index contributed by atoms with van der Waals surface area (Å²) in [4.78, 5) is 16.5. The van der Waals surface area contributed by atoms with E-state index >= 15 is 0 Å². The highest BCUT2D eigenvalue weighted by Gasteiger charge is 2.14. The molecule has 1 aromatic heterocycles. The minimum Gasteiger partial charge on any atom is -0.493 e. The molecular formula is C14H15NO2S. The molecule has 4 heteroatoms. The maximum Gasteiger partial charge on any atom is 0.173 e. The first-order valence-electron chi connectivity index (χ1n) is 5.86. The summed E-state index contributed by atoms with van der Waals surface area (Å²) >= 11 is 1.52. The van der Waals surface area contributed by atoms with Crippen LogP contribution in [-0.2, 0) is 6.42 Å². The lowest BCUT2D eigenvalue weighted by molar-refractivity contribution is 0.0989. The third kappa shape index (κ3) is 2.96. The number of aryl methyl sites for hydroxylation is 1. The van der Waals surface area contributed by atoms with Crippen LogP contribution in [0.4, 0.5) is 0 Å². The van der Waals surface area contributed by atoms with Crippen molar-refractivity contribution < 1.29 is 9.53 Å². The van der Waals surface area contributed by atoms with Crippen LogP contribution in [0.5, 0.6) is 5.75 Å². The zero-order chi connectivity index (χ0) is 13.0. The molecular weight excluding hydrogens is 246 g/mol. The lowest BCUT2D eigenvalue weighted by Gasteiger charge is -2.08. The van der Waals surface area contributed by atoms with Crippen LogP contribution >= 0.6 is 11.3 Å². The average molecular weight is 261 g/mol. The van der Waals surface area contributed by atoms with Crippen LogP contribution in [-0.4, -0.2) is 17.4 Å². The summed E-state index contributed by atoms with van der Waals surface area (Å²) in [5.41, 5.74) is 1.59. The Morgan fingerprint density at radius 1 is 1.39 bits per heavy atom. The predicted octanol–water partition coefficient (Wildman–Crippen LogP) is 3.28. The van der Waals surface area contributed by atoms with Gasteiger partial charge < -0.3 is 4.74 Å². The number of hydrogen-bond donors (Lipinski definition) is 0. The summed E-state index contributed by atoms with van der Waals surface area (Å²) in [5, 5.41) is 2.81. The van der Waals surface area contributed by atoms with Crippen molar-refractivity contribution in [3.63, 3.8) is 0 Å². The van der Waals surface area contributed by atoms with E-state index in [4.69, 9.17) is 4.74 Å². The fourth-order valence-electron chi connectivity index (χ4n) is 1.69. The van der Waals surface area contributed by atoms with Crippen molar-refractivity contribution in [1.29, 1.82) is 0 Å². The van der Waals surface area contributed by atoms with Gasteiger partial charge in [-0.15, -0.1) is 11.3 Å². The third-order valence-electron chi connectivity index (χ3n) is 2.47.